The highest BCUT2D eigenvalue weighted by Crippen LogP contribution is 2.45. The maximum atomic E-state index is 13.4. The van der Waals surface area contributed by atoms with Gasteiger partial charge in [-0.15, -0.1) is 0 Å². The molecule has 1 N–H and O–H groups in total. The summed E-state index contributed by atoms with van der Waals surface area (Å²) in [4.78, 5) is 21.8. The van der Waals surface area contributed by atoms with Gasteiger partial charge in [-0.3, -0.25) is 9.69 Å². The molecule has 0 radical (unpaired) electrons. The van der Waals surface area contributed by atoms with Crippen LogP contribution < -0.4 is 0 Å². The first-order valence-electron chi connectivity index (χ1n) is 12.6. The van der Waals surface area contributed by atoms with Crippen molar-refractivity contribution < 1.29 is 4.79 Å². The van der Waals surface area contributed by atoms with Crippen LogP contribution in [0.25, 0.3) is 10.9 Å². The minimum absolute atomic E-state index is 0.383. The van der Waals surface area contributed by atoms with E-state index < -0.39 is 0 Å². The third kappa shape index (κ3) is 3.53. The zero-order valence-corrected chi connectivity index (χ0v) is 18.6. The molecule has 3 saturated heterocycles. The number of piperidine rings is 3. The number of rotatable bonds is 4. The third-order valence-corrected chi connectivity index (χ3v) is 8.49. The van der Waals surface area contributed by atoms with Crippen molar-refractivity contribution in [2.24, 2.45) is 11.8 Å². The fourth-order valence-corrected chi connectivity index (χ4v) is 7.17. The van der Waals surface area contributed by atoms with Gasteiger partial charge < -0.3 is 9.88 Å². The molecule has 1 amide bonds. The number of carbonyl (C=O) groups excluding carboxylic acids is 1. The molecule has 4 nitrogen and oxygen atoms in total. The Labute approximate surface area is 185 Å². The summed E-state index contributed by atoms with van der Waals surface area (Å²) >= 11 is 0. The van der Waals surface area contributed by atoms with Gasteiger partial charge in [0.15, 0.2) is 0 Å². The molecular weight excluding hydrogens is 382 g/mol. The van der Waals surface area contributed by atoms with Crippen LogP contribution in [0.2, 0.25) is 0 Å². The molecular formula is C27H35N3O. The Morgan fingerprint density at radius 3 is 3.03 bits per heavy atom. The summed E-state index contributed by atoms with van der Waals surface area (Å²) < 4.78 is 0. The summed E-state index contributed by atoms with van der Waals surface area (Å²) in [6, 6.07) is 9.63. The molecule has 0 spiro atoms. The van der Waals surface area contributed by atoms with E-state index in [0.29, 0.717) is 24.3 Å². The molecule has 4 heterocycles. The van der Waals surface area contributed by atoms with E-state index >= 15 is 0 Å². The third-order valence-electron chi connectivity index (χ3n) is 8.49. The normalized spacial score (nSPS) is 30.6. The average molecular weight is 418 g/mol. The highest BCUT2D eigenvalue weighted by atomic mass is 16.2. The molecule has 4 heteroatoms. The van der Waals surface area contributed by atoms with Gasteiger partial charge in [0, 0.05) is 42.7 Å². The number of fused-ring (bicyclic) bond motifs is 7. The van der Waals surface area contributed by atoms with Gasteiger partial charge in [-0.25, -0.2) is 0 Å². The zero-order chi connectivity index (χ0) is 20.8. The van der Waals surface area contributed by atoms with Gasteiger partial charge in [-0.2, -0.15) is 0 Å². The Morgan fingerprint density at radius 2 is 2.06 bits per heavy atom. The van der Waals surface area contributed by atoms with Gasteiger partial charge in [-0.05, 0) is 75.0 Å². The van der Waals surface area contributed by atoms with Crippen LogP contribution in [0.4, 0.5) is 0 Å². The quantitative estimate of drug-likeness (QED) is 0.718. The lowest BCUT2D eigenvalue weighted by Gasteiger charge is -2.54. The van der Waals surface area contributed by atoms with Gasteiger partial charge in [-0.1, -0.05) is 36.3 Å². The monoisotopic (exact) mass is 417 g/mol. The Bertz CT molecular complexity index is 991. The number of aromatic nitrogens is 1. The first-order chi connectivity index (χ1) is 15.3. The summed E-state index contributed by atoms with van der Waals surface area (Å²) in [5.41, 5.74) is 4.13. The summed E-state index contributed by atoms with van der Waals surface area (Å²) in [6.45, 7) is 3.44. The lowest BCUT2D eigenvalue weighted by atomic mass is 9.68. The van der Waals surface area contributed by atoms with Gasteiger partial charge in [0.25, 0.3) is 0 Å². The Kier molecular flexibility index (Phi) is 5.14. The van der Waals surface area contributed by atoms with Crippen molar-refractivity contribution in [1.29, 1.82) is 0 Å². The molecule has 6 rings (SSSR count). The molecule has 1 aromatic carbocycles. The van der Waals surface area contributed by atoms with E-state index in [1.807, 2.05) is 0 Å². The van der Waals surface area contributed by atoms with Gasteiger partial charge in [0.2, 0.25) is 5.91 Å². The largest absolute Gasteiger partial charge is 0.361 e. The second-order valence-corrected chi connectivity index (χ2v) is 10.3. The van der Waals surface area contributed by atoms with E-state index in [1.54, 1.807) is 5.57 Å². The maximum absolute atomic E-state index is 13.4. The molecule has 3 fully saturated rings. The van der Waals surface area contributed by atoms with E-state index in [9.17, 15) is 4.79 Å². The van der Waals surface area contributed by atoms with E-state index in [-0.39, 0.29) is 0 Å². The van der Waals surface area contributed by atoms with Crippen LogP contribution in [0, 0.1) is 11.8 Å². The Balaban J connectivity index is 1.14. The van der Waals surface area contributed by atoms with Crippen molar-refractivity contribution in [2.75, 3.05) is 19.6 Å². The van der Waals surface area contributed by atoms with Crippen LogP contribution in [0.3, 0.4) is 0 Å². The molecule has 31 heavy (non-hydrogen) atoms. The molecule has 2 aromatic rings. The van der Waals surface area contributed by atoms with E-state index in [2.05, 4.69) is 51.3 Å². The number of carbonyl (C=O) groups is 1. The molecule has 1 aliphatic carbocycles. The van der Waals surface area contributed by atoms with Gasteiger partial charge in [0.1, 0.15) is 0 Å². The number of aromatic amines is 1. The van der Waals surface area contributed by atoms with Crippen molar-refractivity contribution in [2.45, 2.75) is 69.9 Å². The second kappa shape index (κ2) is 8.12. The standard InChI is InChI=1S/C27H35N3O/c31-26(12-5-7-20-17-28-24-10-2-1-9-23(20)24)30-14-6-8-19-15-21-16-22(27(19)30)18-29-13-4-3-11-25(21)29/h1-2,9-10,15,17,21-22,25,27-28H,3-8,11-14,16,18H2/t21-,22-,25-,27-/m0/s1. The minimum Gasteiger partial charge on any atom is -0.361 e. The molecule has 2 bridgehead atoms. The molecule has 3 aliphatic heterocycles. The molecule has 0 unspecified atom stereocenters. The fourth-order valence-electron chi connectivity index (χ4n) is 7.17. The van der Waals surface area contributed by atoms with Crippen molar-refractivity contribution in [3.05, 3.63) is 47.7 Å². The lowest BCUT2D eigenvalue weighted by molar-refractivity contribution is -0.136. The van der Waals surface area contributed by atoms with Crippen LogP contribution >= 0.6 is 0 Å². The first kappa shape index (κ1) is 19.6. The zero-order valence-electron chi connectivity index (χ0n) is 18.6. The molecule has 4 atom stereocenters. The molecule has 0 saturated carbocycles. The second-order valence-electron chi connectivity index (χ2n) is 10.3. The fraction of sp³-hybridized carbons (Fsp3) is 0.593. The molecule has 1 aromatic heterocycles. The van der Waals surface area contributed by atoms with E-state index in [4.69, 9.17) is 0 Å². The average Bonchev–Trinajstić information content (AvgIpc) is 3.22. The van der Waals surface area contributed by atoms with Crippen LogP contribution in [0.1, 0.15) is 56.9 Å². The van der Waals surface area contributed by atoms with Crippen LogP contribution in [0.15, 0.2) is 42.1 Å². The minimum atomic E-state index is 0.383. The number of amides is 1. The smallest absolute Gasteiger partial charge is 0.223 e. The van der Waals surface area contributed by atoms with Crippen LogP contribution in [0.5, 0.6) is 0 Å². The molecule has 164 valence electrons. The highest BCUT2D eigenvalue weighted by molar-refractivity contribution is 5.83. The predicted octanol–water partition coefficient (Wildman–Crippen LogP) is 4.91. The number of hydrogen-bond donors (Lipinski definition) is 1. The number of nitrogens with one attached hydrogen (secondary N) is 1. The number of hydrogen-bond acceptors (Lipinski definition) is 2. The topological polar surface area (TPSA) is 39.3 Å². The summed E-state index contributed by atoms with van der Waals surface area (Å²) in [6.07, 6.45) is 15.1. The summed E-state index contributed by atoms with van der Waals surface area (Å²) in [5.74, 6) is 1.77. The number of benzene rings is 1. The molecule has 4 aliphatic rings. The highest BCUT2D eigenvalue weighted by Gasteiger charge is 2.46. The predicted molar refractivity (Wildman–Crippen MR) is 125 cm³/mol. The number of H-pyrrole nitrogens is 1. The van der Waals surface area contributed by atoms with Gasteiger partial charge >= 0.3 is 0 Å². The SMILES string of the molecule is O=C(CCCc1c[nH]c2ccccc12)N1CCCC2=C[C@H]3C[C@@H](CN4CCCC[C@@H]34)[C@H]21. The van der Waals surface area contributed by atoms with Crippen molar-refractivity contribution in [3.8, 4) is 0 Å². The lowest BCUT2D eigenvalue weighted by Crippen LogP contribution is -2.60. The Morgan fingerprint density at radius 1 is 1.13 bits per heavy atom. The van der Waals surface area contributed by atoms with E-state index in [0.717, 1.165) is 37.8 Å². The Hall–Kier alpha value is -2.07. The van der Waals surface area contributed by atoms with Crippen LogP contribution in [-0.2, 0) is 11.2 Å². The maximum Gasteiger partial charge on any atom is 0.223 e. The summed E-state index contributed by atoms with van der Waals surface area (Å²) in [7, 11) is 0. The summed E-state index contributed by atoms with van der Waals surface area (Å²) in [5, 5.41) is 1.30. The van der Waals surface area contributed by atoms with Crippen molar-refractivity contribution in [1.82, 2.24) is 14.8 Å². The van der Waals surface area contributed by atoms with Crippen LogP contribution in [-0.4, -0.2) is 52.4 Å². The van der Waals surface area contributed by atoms with Crippen molar-refractivity contribution in [3.63, 3.8) is 0 Å². The first-order valence-corrected chi connectivity index (χ1v) is 12.6. The number of para-hydroxylation sites is 1. The van der Waals surface area contributed by atoms with Crippen molar-refractivity contribution >= 4 is 16.8 Å². The number of likely N-dealkylation sites (tertiary alicyclic amines) is 1. The van der Waals surface area contributed by atoms with Gasteiger partial charge in [0.05, 0.1) is 6.04 Å². The number of aryl methyl sites for hydroxylation is 1. The number of nitrogens with zero attached hydrogens (tertiary/aromatic N) is 2. The van der Waals surface area contributed by atoms with E-state index in [1.165, 1.54) is 61.7 Å².